The zero-order valence-electron chi connectivity index (χ0n) is 26.1. The number of halogens is 5. The van der Waals surface area contributed by atoms with Gasteiger partial charge in [-0.25, -0.2) is 0 Å². The number of aromatic hydroxyl groups is 2. The Labute approximate surface area is 262 Å². The van der Waals surface area contributed by atoms with E-state index in [0.29, 0.717) is 38.0 Å². The lowest BCUT2D eigenvalue weighted by Gasteiger charge is -2.43. The van der Waals surface area contributed by atoms with E-state index in [1.54, 1.807) is 24.3 Å². The number of alkyl halides is 5. The molecule has 3 rings (SSSR count). The zero-order chi connectivity index (χ0) is 33.1. The molecule has 3 atom stereocenters. The van der Waals surface area contributed by atoms with Gasteiger partial charge in [-0.2, -0.15) is 22.0 Å². The molecule has 10 heteroatoms. The SMILES string of the molecule is CC1(c2ccc(O)cc2)COc2cc(O)ccc2C1CCCCCCCCCC(CCCCCCC(F)(F)C(F)(F)F)C(=O)O. The minimum atomic E-state index is -5.52. The van der Waals surface area contributed by atoms with Gasteiger partial charge >= 0.3 is 18.1 Å². The summed E-state index contributed by atoms with van der Waals surface area (Å²) in [5.74, 6) is -4.80. The average Bonchev–Trinajstić information content (AvgIpc) is 2.97. The van der Waals surface area contributed by atoms with Gasteiger partial charge in [0.25, 0.3) is 0 Å². The van der Waals surface area contributed by atoms with Crippen LogP contribution < -0.4 is 4.74 Å². The highest BCUT2D eigenvalue weighted by Crippen LogP contribution is 2.50. The van der Waals surface area contributed by atoms with Crippen LogP contribution in [0.5, 0.6) is 17.2 Å². The molecule has 2 aromatic carbocycles. The number of aliphatic carboxylic acids is 1. The highest BCUT2D eigenvalue weighted by atomic mass is 19.4. The molecule has 2 aromatic rings. The summed E-state index contributed by atoms with van der Waals surface area (Å²) in [6.45, 7) is 2.65. The molecular weight excluding hydrogens is 595 g/mol. The second-order valence-electron chi connectivity index (χ2n) is 12.8. The summed E-state index contributed by atoms with van der Waals surface area (Å²) >= 11 is 0. The molecule has 0 bridgehead atoms. The number of rotatable bonds is 19. The van der Waals surface area contributed by atoms with Gasteiger partial charge in [0.05, 0.1) is 12.5 Å². The maximum absolute atomic E-state index is 13.0. The molecule has 3 unspecified atom stereocenters. The molecular formula is C35H47F5O5. The summed E-state index contributed by atoms with van der Waals surface area (Å²) in [4.78, 5) is 11.6. The number of fused-ring (bicyclic) bond motifs is 1. The second-order valence-corrected chi connectivity index (χ2v) is 12.8. The summed E-state index contributed by atoms with van der Waals surface area (Å²) in [6.07, 6.45) is 2.96. The molecule has 0 fully saturated rings. The number of ether oxygens (including phenoxy) is 1. The van der Waals surface area contributed by atoms with E-state index in [9.17, 15) is 42.1 Å². The molecule has 0 amide bonds. The van der Waals surface area contributed by atoms with Crippen LogP contribution in [0, 0.1) is 5.92 Å². The molecule has 0 aliphatic carbocycles. The van der Waals surface area contributed by atoms with Gasteiger partial charge in [-0.05, 0) is 55.0 Å². The van der Waals surface area contributed by atoms with Gasteiger partial charge in [-0.3, -0.25) is 4.79 Å². The van der Waals surface area contributed by atoms with Crippen LogP contribution in [0.3, 0.4) is 0 Å². The van der Waals surface area contributed by atoms with Crippen LogP contribution in [-0.2, 0) is 10.2 Å². The lowest BCUT2D eigenvalue weighted by molar-refractivity contribution is -0.284. The number of carboxylic acids is 1. The van der Waals surface area contributed by atoms with Crippen molar-refractivity contribution in [3.8, 4) is 17.2 Å². The van der Waals surface area contributed by atoms with Crippen molar-refractivity contribution in [2.45, 2.75) is 127 Å². The van der Waals surface area contributed by atoms with Crippen LogP contribution in [0.25, 0.3) is 0 Å². The molecule has 0 radical (unpaired) electrons. The predicted octanol–water partition coefficient (Wildman–Crippen LogP) is 10.3. The van der Waals surface area contributed by atoms with E-state index in [1.165, 1.54) is 0 Å². The summed E-state index contributed by atoms with van der Waals surface area (Å²) in [5.41, 5.74) is 1.88. The van der Waals surface area contributed by atoms with Crippen molar-refractivity contribution in [2.75, 3.05) is 6.61 Å². The van der Waals surface area contributed by atoms with Crippen molar-refractivity contribution < 1.29 is 46.8 Å². The number of carbonyl (C=O) groups is 1. The van der Waals surface area contributed by atoms with Gasteiger partial charge in [0.2, 0.25) is 0 Å². The van der Waals surface area contributed by atoms with Gasteiger partial charge in [0, 0.05) is 23.8 Å². The predicted molar refractivity (Wildman–Crippen MR) is 163 cm³/mol. The van der Waals surface area contributed by atoms with Crippen molar-refractivity contribution in [3.05, 3.63) is 53.6 Å². The van der Waals surface area contributed by atoms with Crippen LogP contribution in [0.4, 0.5) is 22.0 Å². The third-order valence-electron chi connectivity index (χ3n) is 9.30. The van der Waals surface area contributed by atoms with Gasteiger partial charge in [0.1, 0.15) is 17.2 Å². The molecule has 1 aliphatic rings. The summed E-state index contributed by atoms with van der Waals surface area (Å²) in [7, 11) is 0. The van der Waals surface area contributed by atoms with Gasteiger partial charge < -0.3 is 20.1 Å². The fourth-order valence-electron chi connectivity index (χ4n) is 6.46. The van der Waals surface area contributed by atoms with Crippen molar-refractivity contribution >= 4 is 5.97 Å². The Morgan fingerprint density at radius 3 is 1.93 bits per heavy atom. The first-order chi connectivity index (χ1) is 21.2. The minimum absolute atomic E-state index is 0.170. The van der Waals surface area contributed by atoms with E-state index < -0.39 is 30.4 Å². The molecule has 3 N–H and O–H groups in total. The Kier molecular flexibility index (Phi) is 13.4. The number of unbranched alkanes of at least 4 members (excludes halogenated alkanes) is 9. The molecule has 0 saturated heterocycles. The number of hydrogen-bond acceptors (Lipinski definition) is 4. The molecule has 5 nitrogen and oxygen atoms in total. The highest BCUT2D eigenvalue weighted by molar-refractivity contribution is 5.69. The monoisotopic (exact) mass is 642 g/mol. The Morgan fingerprint density at radius 1 is 0.822 bits per heavy atom. The van der Waals surface area contributed by atoms with Gasteiger partial charge in [0.15, 0.2) is 0 Å². The molecule has 0 spiro atoms. The number of hydrogen-bond donors (Lipinski definition) is 3. The largest absolute Gasteiger partial charge is 0.508 e. The van der Waals surface area contributed by atoms with Crippen molar-refractivity contribution in [3.63, 3.8) is 0 Å². The van der Waals surface area contributed by atoms with Crippen LogP contribution >= 0.6 is 0 Å². The Morgan fingerprint density at radius 2 is 1.36 bits per heavy atom. The maximum Gasteiger partial charge on any atom is 0.453 e. The van der Waals surface area contributed by atoms with Crippen LogP contribution in [0.2, 0.25) is 0 Å². The smallest absolute Gasteiger partial charge is 0.453 e. The maximum atomic E-state index is 13.0. The van der Waals surface area contributed by atoms with Crippen LogP contribution in [0.1, 0.15) is 120 Å². The van der Waals surface area contributed by atoms with Crippen molar-refractivity contribution in [2.24, 2.45) is 5.92 Å². The average molecular weight is 643 g/mol. The first-order valence-corrected chi connectivity index (χ1v) is 16.2. The Hall–Kier alpha value is -3.04. The van der Waals surface area contributed by atoms with Crippen LogP contribution in [-0.4, -0.2) is 40.0 Å². The van der Waals surface area contributed by atoms with Crippen LogP contribution in [0.15, 0.2) is 42.5 Å². The molecule has 0 saturated carbocycles. The summed E-state index contributed by atoms with van der Waals surface area (Å²) < 4.78 is 68.8. The normalized spacial score (nSPS) is 19.1. The van der Waals surface area contributed by atoms with E-state index in [1.807, 2.05) is 18.2 Å². The molecule has 1 heterocycles. The summed E-state index contributed by atoms with van der Waals surface area (Å²) in [6, 6.07) is 12.6. The van der Waals surface area contributed by atoms with Gasteiger partial charge in [-0.1, -0.05) is 89.3 Å². The number of phenols is 2. The van der Waals surface area contributed by atoms with E-state index in [2.05, 4.69) is 6.92 Å². The molecule has 1 aliphatic heterocycles. The molecule has 252 valence electrons. The second kappa shape index (κ2) is 16.5. The third-order valence-corrected chi connectivity index (χ3v) is 9.30. The standard InChI is InChI=1S/C35H47F5O5/c1-33(26-16-18-27(41)19-17-26)24-45-31-23-28(42)20-21-29(31)30(33)15-11-6-4-2-3-5-9-13-25(32(43)44)14-10-7-8-12-22-34(36,37)35(38,39)40/h16-21,23,25,30,41-42H,2-15,22,24H2,1H3,(H,43,44). The first-order valence-electron chi connectivity index (χ1n) is 16.2. The fourth-order valence-corrected chi connectivity index (χ4v) is 6.46. The van der Waals surface area contributed by atoms with E-state index in [-0.39, 0.29) is 35.7 Å². The number of phenolic OH excluding ortho intramolecular Hbond substituents is 2. The fraction of sp³-hybridized carbons (Fsp3) is 0.629. The topological polar surface area (TPSA) is 87.0 Å². The first kappa shape index (κ1) is 36.4. The number of benzene rings is 2. The Balaban J connectivity index is 1.34. The Bertz CT molecular complexity index is 1200. The quantitative estimate of drug-likeness (QED) is 0.105. The van der Waals surface area contributed by atoms with E-state index in [0.717, 1.165) is 62.5 Å². The van der Waals surface area contributed by atoms with E-state index >= 15 is 0 Å². The van der Waals surface area contributed by atoms with Crippen molar-refractivity contribution in [1.82, 2.24) is 0 Å². The summed E-state index contributed by atoms with van der Waals surface area (Å²) in [5, 5.41) is 29.3. The van der Waals surface area contributed by atoms with E-state index in [4.69, 9.17) is 4.74 Å². The van der Waals surface area contributed by atoms with Crippen molar-refractivity contribution in [1.29, 1.82) is 0 Å². The number of carboxylic acid groups (broad SMARTS) is 1. The highest BCUT2D eigenvalue weighted by Gasteiger charge is 2.56. The lowest BCUT2D eigenvalue weighted by Crippen LogP contribution is -2.40. The lowest BCUT2D eigenvalue weighted by atomic mass is 9.66. The van der Waals surface area contributed by atoms with Gasteiger partial charge in [-0.15, -0.1) is 0 Å². The molecule has 45 heavy (non-hydrogen) atoms. The molecule has 0 aromatic heterocycles. The third kappa shape index (κ3) is 10.5. The zero-order valence-corrected chi connectivity index (χ0v) is 26.1. The minimum Gasteiger partial charge on any atom is -0.508 e.